The Kier molecular flexibility index (Phi) is 2.57. The molecule has 104 valence electrons. The Morgan fingerprint density at radius 2 is 1.95 bits per heavy atom. The van der Waals surface area contributed by atoms with Gasteiger partial charge in [0.25, 0.3) is 0 Å². The standard InChI is InChI=1S/C17H15N3O/c1-10-4-3-5-11(2)16(10)20-17-13-7-14-15(21-9-19-14)6-12(13)8-18-17/h3-7,9H,8H2,1-2H3,(H,18,20). The van der Waals surface area contributed by atoms with Gasteiger partial charge in [-0.2, -0.15) is 0 Å². The minimum absolute atomic E-state index is 0.680. The van der Waals surface area contributed by atoms with Crippen LogP contribution in [0.3, 0.4) is 0 Å². The van der Waals surface area contributed by atoms with Crippen LogP contribution in [0.15, 0.2) is 46.1 Å². The van der Waals surface area contributed by atoms with Gasteiger partial charge in [0.2, 0.25) is 0 Å². The van der Waals surface area contributed by atoms with E-state index in [2.05, 4.69) is 47.3 Å². The van der Waals surface area contributed by atoms with Crippen LogP contribution in [0.5, 0.6) is 0 Å². The molecule has 4 nitrogen and oxygen atoms in total. The number of anilines is 1. The van der Waals surface area contributed by atoms with Crippen LogP contribution in [0.25, 0.3) is 11.1 Å². The van der Waals surface area contributed by atoms with Crippen molar-refractivity contribution in [2.45, 2.75) is 20.4 Å². The second kappa shape index (κ2) is 4.45. The quantitative estimate of drug-likeness (QED) is 0.735. The van der Waals surface area contributed by atoms with Gasteiger partial charge in [-0.1, -0.05) is 18.2 Å². The van der Waals surface area contributed by atoms with Crippen molar-refractivity contribution in [2.24, 2.45) is 4.99 Å². The third-order valence-electron chi connectivity index (χ3n) is 3.94. The topological polar surface area (TPSA) is 50.4 Å². The van der Waals surface area contributed by atoms with Crippen LogP contribution >= 0.6 is 0 Å². The van der Waals surface area contributed by atoms with E-state index in [-0.39, 0.29) is 0 Å². The van der Waals surface area contributed by atoms with Gasteiger partial charge in [-0.15, -0.1) is 0 Å². The van der Waals surface area contributed by atoms with E-state index in [1.807, 2.05) is 12.1 Å². The highest BCUT2D eigenvalue weighted by Gasteiger charge is 2.19. The van der Waals surface area contributed by atoms with Gasteiger partial charge in [-0.3, -0.25) is 4.99 Å². The van der Waals surface area contributed by atoms with Crippen LogP contribution in [0, 0.1) is 13.8 Å². The summed E-state index contributed by atoms with van der Waals surface area (Å²) in [6, 6.07) is 10.3. The molecular weight excluding hydrogens is 262 g/mol. The maximum absolute atomic E-state index is 5.35. The van der Waals surface area contributed by atoms with Crippen LogP contribution < -0.4 is 5.32 Å². The molecule has 0 saturated heterocycles. The molecule has 0 spiro atoms. The number of aliphatic imine (C=N–C) groups is 1. The van der Waals surface area contributed by atoms with Gasteiger partial charge in [-0.25, -0.2) is 4.98 Å². The third kappa shape index (κ3) is 1.91. The van der Waals surface area contributed by atoms with Crippen molar-refractivity contribution in [3.05, 3.63) is 59.0 Å². The molecule has 0 bridgehead atoms. The van der Waals surface area contributed by atoms with Crippen molar-refractivity contribution in [1.82, 2.24) is 4.98 Å². The lowest BCUT2D eigenvalue weighted by molar-refractivity contribution is 0.602. The van der Waals surface area contributed by atoms with Crippen molar-refractivity contribution >= 4 is 22.6 Å². The maximum Gasteiger partial charge on any atom is 0.181 e. The molecule has 4 rings (SSSR count). The molecule has 0 fully saturated rings. The van der Waals surface area contributed by atoms with Gasteiger partial charge in [0.15, 0.2) is 12.0 Å². The molecule has 4 heteroatoms. The summed E-state index contributed by atoms with van der Waals surface area (Å²) in [5, 5.41) is 3.48. The van der Waals surface area contributed by atoms with Gasteiger partial charge in [0.05, 0.1) is 6.54 Å². The lowest BCUT2D eigenvalue weighted by Crippen LogP contribution is -2.13. The predicted octanol–water partition coefficient (Wildman–Crippen LogP) is 3.82. The van der Waals surface area contributed by atoms with E-state index < -0.39 is 0 Å². The summed E-state index contributed by atoms with van der Waals surface area (Å²) in [6.45, 7) is 4.89. The minimum atomic E-state index is 0.680. The first kappa shape index (κ1) is 12.1. The summed E-state index contributed by atoms with van der Waals surface area (Å²) < 4.78 is 5.35. The Balaban J connectivity index is 1.76. The fourth-order valence-corrected chi connectivity index (χ4v) is 2.78. The van der Waals surface area contributed by atoms with Crippen LogP contribution in [0.2, 0.25) is 0 Å². The first-order valence-corrected chi connectivity index (χ1v) is 6.96. The number of hydrogen-bond acceptors (Lipinski definition) is 4. The molecule has 0 amide bonds. The molecule has 0 radical (unpaired) electrons. The number of nitrogens with zero attached hydrogens (tertiary/aromatic N) is 2. The fourth-order valence-electron chi connectivity index (χ4n) is 2.78. The largest absolute Gasteiger partial charge is 0.443 e. The molecule has 21 heavy (non-hydrogen) atoms. The Morgan fingerprint density at radius 3 is 2.76 bits per heavy atom. The van der Waals surface area contributed by atoms with E-state index in [0.717, 1.165) is 28.2 Å². The number of aryl methyl sites for hydroxylation is 2. The van der Waals surface area contributed by atoms with E-state index in [1.165, 1.54) is 23.1 Å². The van der Waals surface area contributed by atoms with Crippen molar-refractivity contribution < 1.29 is 4.42 Å². The number of amidine groups is 1. The van der Waals surface area contributed by atoms with Crippen LogP contribution in [0.4, 0.5) is 5.69 Å². The average molecular weight is 277 g/mol. The molecule has 2 heterocycles. The van der Waals surface area contributed by atoms with Crippen LogP contribution in [0.1, 0.15) is 22.3 Å². The molecule has 0 aliphatic carbocycles. The average Bonchev–Trinajstić information content (AvgIpc) is 3.07. The zero-order valence-electron chi connectivity index (χ0n) is 12.0. The van der Waals surface area contributed by atoms with E-state index in [4.69, 9.17) is 4.42 Å². The zero-order valence-corrected chi connectivity index (χ0v) is 12.0. The first-order chi connectivity index (χ1) is 10.2. The SMILES string of the molecule is Cc1cccc(C)c1NC1=NCc2cc3ocnc3cc21. The first-order valence-electron chi connectivity index (χ1n) is 6.96. The minimum Gasteiger partial charge on any atom is -0.443 e. The molecular formula is C17H15N3O. The number of para-hydroxylation sites is 1. The highest BCUT2D eigenvalue weighted by Crippen LogP contribution is 2.27. The molecule has 2 aromatic carbocycles. The number of fused-ring (bicyclic) bond motifs is 2. The Hall–Kier alpha value is -2.62. The highest BCUT2D eigenvalue weighted by atomic mass is 16.3. The van der Waals surface area contributed by atoms with Crippen molar-refractivity contribution in [2.75, 3.05) is 5.32 Å². The van der Waals surface area contributed by atoms with E-state index in [9.17, 15) is 0 Å². The van der Waals surface area contributed by atoms with Gasteiger partial charge in [0.1, 0.15) is 11.4 Å². The van der Waals surface area contributed by atoms with Gasteiger partial charge in [-0.05, 0) is 42.7 Å². The van der Waals surface area contributed by atoms with Crippen molar-refractivity contribution in [3.8, 4) is 0 Å². The predicted molar refractivity (Wildman–Crippen MR) is 83.8 cm³/mol. The zero-order chi connectivity index (χ0) is 14.4. The van der Waals surface area contributed by atoms with Crippen molar-refractivity contribution in [3.63, 3.8) is 0 Å². The second-order valence-electron chi connectivity index (χ2n) is 5.39. The van der Waals surface area contributed by atoms with E-state index >= 15 is 0 Å². The lowest BCUT2D eigenvalue weighted by atomic mass is 10.1. The number of oxazole rings is 1. The fraction of sp³-hybridized carbons (Fsp3) is 0.176. The highest BCUT2D eigenvalue weighted by molar-refractivity contribution is 6.12. The van der Waals surface area contributed by atoms with Gasteiger partial charge < -0.3 is 9.73 Å². The van der Waals surface area contributed by atoms with Crippen LogP contribution in [-0.2, 0) is 6.54 Å². The smallest absolute Gasteiger partial charge is 0.181 e. The number of aromatic nitrogens is 1. The summed E-state index contributed by atoms with van der Waals surface area (Å²) in [7, 11) is 0. The van der Waals surface area contributed by atoms with Crippen LogP contribution in [-0.4, -0.2) is 10.8 Å². The molecule has 0 atom stereocenters. The third-order valence-corrected chi connectivity index (χ3v) is 3.94. The number of benzene rings is 2. The summed E-state index contributed by atoms with van der Waals surface area (Å²) in [4.78, 5) is 8.84. The number of hydrogen-bond donors (Lipinski definition) is 1. The van der Waals surface area contributed by atoms with E-state index in [1.54, 1.807) is 0 Å². The molecule has 3 aromatic rings. The second-order valence-corrected chi connectivity index (χ2v) is 5.39. The maximum atomic E-state index is 5.35. The molecule has 0 saturated carbocycles. The lowest BCUT2D eigenvalue weighted by Gasteiger charge is -2.13. The molecule has 1 N–H and O–H groups in total. The molecule has 1 aliphatic rings. The van der Waals surface area contributed by atoms with Crippen molar-refractivity contribution in [1.29, 1.82) is 0 Å². The summed E-state index contributed by atoms with van der Waals surface area (Å²) in [6.07, 6.45) is 1.48. The molecule has 1 aromatic heterocycles. The normalized spacial score (nSPS) is 13.3. The van der Waals surface area contributed by atoms with E-state index in [0.29, 0.717) is 6.54 Å². The Morgan fingerprint density at radius 1 is 1.14 bits per heavy atom. The number of nitrogens with one attached hydrogen (secondary N) is 1. The monoisotopic (exact) mass is 277 g/mol. The van der Waals surface area contributed by atoms with Gasteiger partial charge >= 0.3 is 0 Å². The Bertz CT molecular complexity index is 857. The molecule has 0 unspecified atom stereocenters. The molecule has 1 aliphatic heterocycles. The summed E-state index contributed by atoms with van der Waals surface area (Å²) in [5.41, 5.74) is 7.53. The summed E-state index contributed by atoms with van der Waals surface area (Å²) in [5.74, 6) is 0.910. The number of rotatable bonds is 1. The van der Waals surface area contributed by atoms with Gasteiger partial charge in [0, 0.05) is 11.3 Å². The Labute approximate surface area is 122 Å². The summed E-state index contributed by atoms with van der Waals surface area (Å²) >= 11 is 0.